The van der Waals surface area contributed by atoms with Gasteiger partial charge in [0.05, 0.1) is 12.7 Å². The highest BCUT2D eigenvalue weighted by atomic mass is 32.3. The minimum absolute atomic E-state index is 0.778. The van der Waals surface area contributed by atoms with Gasteiger partial charge in [-0.3, -0.25) is 0 Å². The lowest BCUT2D eigenvalue weighted by molar-refractivity contribution is -0.696. The van der Waals surface area contributed by atoms with Crippen LogP contribution < -0.4 is 4.57 Å². The third kappa shape index (κ3) is 11.0. The van der Waals surface area contributed by atoms with E-state index in [2.05, 4.69) is 30.6 Å². The summed E-state index contributed by atoms with van der Waals surface area (Å²) in [6.45, 7) is 7.13. The van der Waals surface area contributed by atoms with Crippen LogP contribution in [0.1, 0.15) is 51.9 Å². The fourth-order valence-corrected chi connectivity index (χ4v) is 3.83. The van der Waals surface area contributed by atoms with E-state index in [1.54, 1.807) is 0 Å². The van der Waals surface area contributed by atoms with Crippen LogP contribution in [0.3, 0.4) is 0 Å². The average molecular weight is 502 g/mol. The van der Waals surface area contributed by atoms with Gasteiger partial charge in [0.2, 0.25) is 6.33 Å². The molecule has 0 saturated heterocycles. The predicted octanol–water partition coefficient (Wildman–Crippen LogP) is 4.69. The molecule has 0 N–H and O–H groups in total. The number of imidazole rings is 1. The van der Waals surface area contributed by atoms with Gasteiger partial charge in [0.1, 0.15) is 12.4 Å². The Hall–Kier alpha value is -1.61. The standard InChI is InChI=1S/C14H25N2.C2F6NO4S2/c1-3-5-6-7-8-9-10-11-16-13-12-15(4-2)14-16;3-1(4,5)14(10,11)9-15(12,13)2(6,7)8/h4,12-14H,2-3,5-11H2,1H3;/q+1;-1. The van der Waals surface area contributed by atoms with Gasteiger partial charge in [0.15, 0.2) is 20.0 Å². The monoisotopic (exact) mass is 501 g/mol. The fraction of sp³-hybridized carbons (Fsp3) is 0.688. The summed E-state index contributed by atoms with van der Waals surface area (Å²) in [5.74, 6) is 0. The molecule has 1 rings (SSSR count). The molecule has 1 heterocycles. The minimum atomic E-state index is -6.72. The van der Waals surface area contributed by atoms with E-state index in [0.29, 0.717) is 0 Å². The van der Waals surface area contributed by atoms with Crippen molar-refractivity contribution in [3.63, 3.8) is 0 Å². The van der Waals surface area contributed by atoms with Crippen LogP contribution in [0.4, 0.5) is 26.3 Å². The summed E-state index contributed by atoms with van der Waals surface area (Å²) in [7, 11) is -13.4. The molecule has 0 spiro atoms. The van der Waals surface area contributed by atoms with Crippen molar-refractivity contribution in [3.8, 4) is 0 Å². The van der Waals surface area contributed by atoms with E-state index in [9.17, 15) is 43.2 Å². The first-order valence-electron chi connectivity index (χ1n) is 9.13. The molecular weight excluding hydrogens is 476 g/mol. The van der Waals surface area contributed by atoms with Crippen LogP contribution in [-0.4, -0.2) is 32.4 Å². The molecule has 1 aromatic heterocycles. The molecular formula is C16H25F6N3O4S2. The Labute approximate surface area is 177 Å². The number of hydrogen-bond acceptors (Lipinski definition) is 4. The average Bonchev–Trinajstić information content (AvgIpc) is 3.07. The maximum absolute atomic E-state index is 11.4. The van der Waals surface area contributed by atoms with Crippen molar-refractivity contribution < 1.29 is 47.7 Å². The molecule has 0 bridgehead atoms. The van der Waals surface area contributed by atoms with Crippen molar-refractivity contribution in [2.75, 3.05) is 0 Å². The highest BCUT2D eigenvalue weighted by molar-refractivity contribution is 8.13. The molecule has 0 fully saturated rings. The molecule has 1 aromatic rings. The number of aryl methyl sites for hydroxylation is 1. The molecule has 7 nitrogen and oxygen atoms in total. The van der Waals surface area contributed by atoms with Gasteiger partial charge in [-0.25, -0.2) is 26.0 Å². The number of alkyl halides is 6. The van der Waals surface area contributed by atoms with Gasteiger partial charge < -0.3 is 4.13 Å². The number of unbranched alkanes of at least 4 members (excludes halogenated alkanes) is 6. The third-order valence-electron chi connectivity index (χ3n) is 3.72. The van der Waals surface area contributed by atoms with E-state index in [1.807, 2.05) is 17.0 Å². The molecule has 15 heteroatoms. The highest BCUT2D eigenvalue weighted by Crippen LogP contribution is 2.36. The van der Waals surface area contributed by atoms with Gasteiger partial charge in [-0.05, 0) is 12.8 Å². The summed E-state index contributed by atoms with van der Waals surface area (Å²) < 4.78 is 113. The highest BCUT2D eigenvalue weighted by Gasteiger charge is 2.46. The second kappa shape index (κ2) is 12.4. The van der Waals surface area contributed by atoms with Crippen LogP contribution in [-0.2, 0) is 26.6 Å². The fourth-order valence-electron chi connectivity index (χ4n) is 2.12. The first-order valence-corrected chi connectivity index (χ1v) is 12.0. The Morgan fingerprint density at radius 3 is 1.74 bits per heavy atom. The molecule has 0 aliphatic carbocycles. The van der Waals surface area contributed by atoms with Gasteiger partial charge in [0, 0.05) is 0 Å². The lowest BCUT2D eigenvalue weighted by Crippen LogP contribution is -2.30. The Bertz CT molecular complexity index is 836. The SMILES string of the molecule is C=Cn1cc[n+](CCCCCCCCC)c1.O=S(=O)([N-]S(=O)(=O)C(F)(F)F)C(F)(F)F. The Kier molecular flexibility index (Phi) is 11.8. The smallest absolute Gasteiger partial charge is 0.421 e. The Morgan fingerprint density at radius 2 is 1.35 bits per heavy atom. The second-order valence-corrected chi connectivity index (χ2v) is 9.74. The molecule has 0 aliphatic rings. The zero-order valence-corrected chi connectivity index (χ0v) is 18.4. The van der Waals surface area contributed by atoms with E-state index in [4.69, 9.17) is 0 Å². The predicted molar refractivity (Wildman–Crippen MR) is 102 cm³/mol. The number of nitrogens with zero attached hydrogens (tertiary/aromatic N) is 3. The van der Waals surface area contributed by atoms with Crippen LogP contribution in [0.15, 0.2) is 25.3 Å². The zero-order valence-electron chi connectivity index (χ0n) is 16.7. The molecule has 31 heavy (non-hydrogen) atoms. The number of sulfonamides is 2. The van der Waals surface area contributed by atoms with Crippen molar-refractivity contribution in [1.82, 2.24) is 4.57 Å². The quantitative estimate of drug-likeness (QED) is 0.250. The van der Waals surface area contributed by atoms with E-state index in [-0.39, 0.29) is 0 Å². The number of rotatable bonds is 11. The van der Waals surface area contributed by atoms with Crippen molar-refractivity contribution in [2.24, 2.45) is 0 Å². The Morgan fingerprint density at radius 1 is 0.903 bits per heavy atom. The summed E-state index contributed by atoms with van der Waals surface area (Å²) in [5.41, 5.74) is -12.4. The summed E-state index contributed by atoms with van der Waals surface area (Å²) in [6, 6.07) is 0. The maximum atomic E-state index is 11.4. The first-order chi connectivity index (χ1) is 14.1. The van der Waals surface area contributed by atoms with Crippen LogP contribution in [0, 0.1) is 0 Å². The van der Waals surface area contributed by atoms with Crippen molar-refractivity contribution in [3.05, 3.63) is 29.4 Å². The maximum Gasteiger partial charge on any atom is 0.480 e. The van der Waals surface area contributed by atoms with Crippen molar-refractivity contribution in [1.29, 1.82) is 0 Å². The third-order valence-corrected chi connectivity index (χ3v) is 6.46. The molecule has 0 amide bonds. The van der Waals surface area contributed by atoms with E-state index >= 15 is 0 Å². The second-order valence-electron chi connectivity index (χ2n) is 6.32. The molecule has 0 aromatic carbocycles. The molecule has 0 unspecified atom stereocenters. The normalized spacial score (nSPS) is 12.9. The van der Waals surface area contributed by atoms with Crippen LogP contribution in [0.2, 0.25) is 0 Å². The lowest BCUT2D eigenvalue weighted by Gasteiger charge is -2.22. The lowest BCUT2D eigenvalue weighted by atomic mass is 10.1. The molecule has 0 atom stereocenters. The number of hydrogen-bond donors (Lipinski definition) is 0. The molecule has 0 radical (unpaired) electrons. The van der Waals surface area contributed by atoms with Crippen LogP contribution in [0.25, 0.3) is 10.3 Å². The largest absolute Gasteiger partial charge is 0.480 e. The van der Waals surface area contributed by atoms with Gasteiger partial charge in [-0.15, -0.1) is 0 Å². The van der Waals surface area contributed by atoms with E-state index < -0.39 is 31.1 Å². The van der Waals surface area contributed by atoms with Crippen molar-refractivity contribution >= 4 is 26.2 Å². The van der Waals surface area contributed by atoms with E-state index in [1.165, 1.54) is 44.9 Å². The number of halogens is 6. The van der Waals surface area contributed by atoms with Gasteiger partial charge in [-0.2, -0.15) is 26.3 Å². The summed E-state index contributed by atoms with van der Waals surface area (Å²) in [5, 5.41) is 0. The topological polar surface area (TPSA) is 91.2 Å². The number of aromatic nitrogens is 2. The molecule has 0 aliphatic heterocycles. The molecule has 0 saturated carbocycles. The Balaban J connectivity index is 0.000000582. The minimum Gasteiger partial charge on any atom is -0.421 e. The molecule has 182 valence electrons. The van der Waals surface area contributed by atoms with E-state index in [0.717, 1.165) is 10.7 Å². The van der Waals surface area contributed by atoms with Crippen LogP contribution >= 0.6 is 0 Å². The van der Waals surface area contributed by atoms with Gasteiger partial charge in [0.25, 0.3) is 0 Å². The first kappa shape index (κ1) is 29.4. The van der Waals surface area contributed by atoms with Crippen LogP contribution in [0.5, 0.6) is 0 Å². The van der Waals surface area contributed by atoms with Crippen molar-refractivity contribution in [2.45, 2.75) is 69.4 Å². The summed E-state index contributed by atoms with van der Waals surface area (Å²) in [6.07, 6.45) is 17.7. The zero-order chi connectivity index (χ0) is 24.3. The summed E-state index contributed by atoms with van der Waals surface area (Å²) in [4.78, 5) is 0. The van der Waals surface area contributed by atoms with Gasteiger partial charge in [-0.1, -0.05) is 45.6 Å². The van der Waals surface area contributed by atoms with Gasteiger partial charge >= 0.3 is 11.0 Å². The summed E-state index contributed by atoms with van der Waals surface area (Å²) >= 11 is 0.